The lowest BCUT2D eigenvalue weighted by molar-refractivity contribution is 0.102. The zero-order valence-electron chi connectivity index (χ0n) is 16.9. The maximum Gasteiger partial charge on any atom is 0.256 e. The molecule has 154 valence electrons. The zero-order chi connectivity index (χ0) is 21.5. The molecule has 0 aliphatic carbocycles. The van der Waals surface area contributed by atoms with Crippen LogP contribution in [0.4, 0.5) is 11.4 Å². The van der Waals surface area contributed by atoms with Crippen LogP contribution in [0, 0.1) is 0 Å². The van der Waals surface area contributed by atoms with Crippen molar-refractivity contribution in [3.05, 3.63) is 113 Å². The number of carbonyl (C=O) groups is 1. The number of hydrogen-bond acceptors (Lipinski definition) is 3. The lowest BCUT2D eigenvalue weighted by Crippen LogP contribution is -2.13. The van der Waals surface area contributed by atoms with Crippen molar-refractivity contribution in [3.8, 4) is 11.1 Å². The molecule has 0 unspecified atom stereocenters. The van der Waals surface area contributed by atoms with Crippen LogP contribution in [0.2, 0.25) is 5.02 Å². The number of nitrogens with zero attached hydrogens (tertiary/aromatic N) is 1. The number of anilines is 2. The molecular weight excluding hydrogens is 406 g/mol. The molecule has 1 aromatic heterocycles. The van der Waals surface area contributed by atoms with E-state index >= 15 is 0 Å². The summed E-state index contributed by atoms with van der Waals surface area (Å²) in [7, 11) is 0. The molecule has 5 heteroatoms. The van der Waals surface area contributed by atoms with Crippen molar-refractivity contribution >= 4 is 28.9 Å². The average molecular weight is 428 g/mol. The standard InChI is InChI=1S/C26H22ClN3O/c27-20-7-5-6-19(18-20)24-9-1-2-10-25(24)26(31)30-23-13-11-22(12-14-23)29-17-15-21-8-3-4-16-28-21/h1-14,16,18,29H,15,17H2,(H,30,31). The van der Waals surface area contributed by atoms with Gasteiger partial charge < -0.3 is 10.6 Å². The van der Waals surface area contributed by atoms with E-state index in [4.69, 9.17) is 11.6 Å². The summed E-state index contributed by atoms with van der Waals surface area (Å²) in [5.74, 6) is -0.161. The van der Waals surface area contributed by atoms with Crippen molar-refractivity contribution in [1.82, 2.24) is 4.98 Å². The fraction of sp³-hybridized carbons (Fsp3) is 0.0769. The first-order valence-corrected chi connectivity index (χ1v) is 10.5. The van der Waals surface area contributed by atoms with E-state index in [1.807, 2.05) is 91.0 Å². The van der Waals surface area contributed by atoms with Gasteiger partial charge in [0.15, 0.2) is 0 Å². The zero-order valence-corrected chi connectivity index (χ0v) is 17.6. The molecule has 1 heterocycles. The number of amides is 1. The predicted molar refractivity (Wildman–Crippen MR) is 128 cm³/mol. The Labute approximate surface area is 186 Å². The average Bonchev–Trinajstić information content (AvgIpc) is 2.81. The van der Waals surface area contributed by atoms with Gasteiger partial charge in [0.05, 0.1) is 0 Å². The lowest BCUT2D eigenvalue weighted by Gasteiger charge is -2.12. The number of rotatable bonds is 7. The molecule has 0 bridgehead atoms. The van der Waals surface area contributed by atoms with Crippen LogP contribution in [0.25, 0.3) is 11.1 Å². The molecular formula is C26H22ClN3O. The van der Waals surface area contributed by atoms with E-state index in [2.05, 4.69) is 15.6 Å². The topological polar surface area (TPSA) is 54.0 Å². The first-order chi connectivity index (χ1) is 15.2. The van der Waals surface area contributed by atoms with Gasteiger partial charge in [-0.3, -0.25) is 9.78 Å². The minimum atomic E-state index is -0.161. The van der Waals surface area contributed by atoms with E-state index in [1.54, 1.807) is 6.20 Å². The molecule has 0 saturated heterocycles. The van der Waals surface area contributed by atoms with E-state index in [1.165, 1.54) is 0 Å². The van der Waals surface area contributed by atoms with Gasteiger partial charge in [0.1, 0.15) is 0 Å². The number of carbonyl (C=O) groups excluding carboxylic acids is 1. The first kappa shape index (κ1) is 20.6. The summed E-state index contributed by atoms with van der Waals surface area (Å²) >= 11 is 6.13. The third-order valence-corrected chi connectivity index (χ3v) is 5.12. The Hall–Kier alpha value is -3.63. The number of hydrogen-bond donors (Lipinski definition) is 2. The summed E-state index contributed by atoms with van der Waals surface area (Å²) in [5.41, 5.74) is 5.13. The van der Waals surface area contributed by atoms with Crippen LogP contribution in [-0.4, -0.2) is 17.4 Å². The highest BCUT2D eigenvalue weighted by molar-refractivity contribution is 6.30. The van der Waals surface area contributed by atoms with E-state index in [0.717, 1.165) is 41.2 Å². The molecule has 0 aliphatic heterocycles. The monoisotopic (exact) mass is 427 g/mol. The molecule has 4 rings (SSSR count). The van der Waals surface area contributed by atoms with Crippen LogP contribution in [-0.2, 0) is 6.42 Å². The summed E-state index contributed by atoms with van der Waals surface area (Å²) in [5, 5.41) is 7.00. The molecule has 0 fully saturated rings. The van der Waals surface area contributed by atoms with E-state index in [-0.39, 0.29) is 5.91 Å². The van der Waals surface area contributed by atoms with Gasteiger partial charge in [-0.15, -0.1) is 0 Å². The van der Waals surface area contributed by atoms with Gasteiger partial charge in [-0.05, 0) is 65.7 Å². The fourth-order valence-electron chi connectivity index (χ4n) is 3.34. The molecule has 1 amide bonds. The normalized spacial score (nSPS) is 10.5. The largest absolute Gasteiger partial charge is 0.385 e. The summed E-state index contributed by atoms with van der Waals surface area (Å²) < 4.78 is 0. The number of aromatic nitrogens is 1. The number of halogens is 1. The van der Waals surface area contributed by atoms with E-state index in [9.17, 15) is 4.79 Å². The van der Waals surface area contributed by atoms with Crippen molar-refractivity contribution in [2.24, 2.45) is 0 Å². The molecule has 0 saturated carbocycles. The molecule has 0 aliphatic rings. The maximum absolute atomic E-state index is 12.9. The maximum atomic E-state index is 12.9. The van der Waals surface area contributed by atoms with Crippen molar-refractivity contribution < 1.29 is 4.79 Å². The second-order valence-corrected chi connectivity index (χ2v) is 7.52. The van der Waals surface area contributed by atoms with Gasteiger partial charge in [0, 0.05) is 46.8 Å². The highest BCUT2D eigenvalue weighted by Crippen LogP contribution is 2.27. The molecule has 4 aromatic rings. The Morgan fingerprint density at radius 2 is 1.61 bits per heavy atom. The van der Waals surface area contributed by atoms with Gasteiger partial charge in [0.2, 0.25) is 0 Å². The van der Waals surface area contributed by atoms with Crippen molar-refractivity contribution in [2.75, 3.05) is 17.2 Å². The van der Waals surface area contributed by atoms with Crippen LogP contribution in [0.5, 0.6) is 0 Å². The second-order valence-electron chi connectivity index (χ2n) is 7.09. The van der Waals surface area contributed by atoms with E-state index in [0.29, 0.717) is 10.6 Å². The van der Waals surface area contributed by atoms with E-state index < -0.39 is 0 Å². The molecule has 3 aromatic carbocycles. The number of benzene rings is 3. The van der Waals surface area contributed by atoms with Gasteiger partial charge in [0.25, 0.3) is 5.91 Å². The summed E-state index contributed by atoms with van der Waals surface area (Å²) in [4.78, 5) is 17.3. The summed E-state index contributed by atoms with van der Waals surface area (Å²) in [6.07, 6.45) is 2.65. The third-order valence-electron chi connectivity index (χ3n) is 4.89. The van der Waals surface area contributed by atoms with Gasteiger partial charge in [-0.1, -0.05) is 48.0 Å². The Bertz CT molecular complexity index is 1160. The summed E-state index contributed by atoms with van der Waals surface area (Å²) in [6.45, 7) is 0.787. The quantitative estimate of drug-likeness (QED) is 0.363. The molecule has 4 nitrogen and oxygen atoms in total. The second kappa shape index (κ2) is 9.92. The van der Waals surface area contributed by atoms with Gasteiger partial charge >= 0.3 is 0 Å². The van der Waals surface area contributed by atoms with Crippen LogP contribution in [0.15, 0.2) is 97.2 Å². The number of pyridine rings is 1. The third kappa shape index (κ3) is 5.50. The Morgan fingerprint density at radius 3 is 2.39 bits per heavy atom. The van der Waals surface area contributed by atoms with Gasteiger partial charge in [-0.2, -0.15) is 0 Å². The van der Waals surface area contributed by atoms with Crippen molar-refractivity contribution in [1.29, 1.82) is 0 Å². The lowest BCUT2D eigenvalue weighted by atomic mass is 9.99. The minimum absolute atomic E-state index is 0.161. The predicted octanol–water partition coefficient (Wildman–Crippen LogP) is 6.31. The highest BCUT2D eigenvalue weighted by atomic mass is 35.5. The minimum Gasteiger partial charge on any atom is -0.385 e. The van der Waals surface area contributed by atoms with Crippen molar-refractivity contribution in [2.45, 2.75) is 6.42 Å². The SMILES string of the molecule is O=C(Nc1ccc(NCCc2ccccn2)cc1)c1ccccc1-c1cccc(Cl)c1. The highest BCUT2D eigenvalue weighted by Gasteiger charge is 2.13. The first-order valence-electron chi connectivity index (χ1n) is 10.1. The summed E-state index contributed by atoms with van der Waals surface area (Å²) in [6, 6.07) is 28.6. The van der Waals surface area contributed by atoms with Crippen LogP contribution in [0.1, 0.15) is 16.1 Å². The fourth-order valence-corrected chi connectivity index (χ4v) is 3.53. The Kier molecular flexibility index (Phi) is 6.60. The smallest absolute Gasteiger partial charge is 0.256 e. The van der Waals surface area contributed by atoms with Crippen LogP contribution in [0.3, 0.4) is 0 Å². The number of nitrogens with one attached hydrogen (secondary N) is 2. The van der Waals surface area contributed by atoms with Crippen molar-refractivity contribution in [3.63, 3.8) is 0 Å². The molecule has 0 atom stereocenters. The molecule has 0 spiro atoms. The Morgan fingerprint density at radius 1 is 0.839 bits per heavy atom. The molecule has 31 heavy (non-hydrogen) atoms. The van der Waals surface area contributed by atoms with Gasteiger partial charge in [-0.25, -0.2) is 0 Å². The van der Waals surface area contributed by atoms with Crippen LogP contribution < -0.4 is 10.6 Å². The van der Waals surface area contributed by atoms with Crippen LogP contribution >= 0.6 is 11.6 Å². The molecule has 2 N–H and O–H groups in total. The molecule has 0 radical (unpaired) electrons. The Balaban J connectivity index is 1.40.